The van der Waals surface area contributed by atoms with Crippen molar-refractivity contribution in [3.8, 4) is 0 Å². The summed E-state index contributed by atoms with van der Waals surface area (Å²) in [4.78, 5) is 25.4. The summed E-state index contributed by atoms with van der Waals surface area (Å²) >= 11 is 0. The Hall–Kier alpha value is -2.04. The van der Waals surface area contributed by atoms with Gasteiger partial charge in [0.1, 0.15) is 0 Å². The SMILES string of the molecule is CCC(CC)N(CCC(=O)NC(=O)NC)c1ccc(C)c(C)c1. The minimum absolute atomic E-state index is 0.260. The molecule has 0 saturated heterocycles. The zero-order valence-corrected chi connectivity index (χ0v) is 14.9. The van der Waals surface area contributed by atoms with Gasteiger partial charge in [-0.1, -0.05) is 19.9 Å². The molecule has 5 nitrogen and oxygen atoms in total. The van der Waals surface area contributed by atoms with Gasteiger partial charge in [0.2, 0.25) is 5.91 Å². The second-order valence-corrected chi connectivity index (χ2v) is 5.81. The minimum atomic E-state index is -0.463. The van der Waals surface area contributed by atoms with Crippen LogP contribution in [-0.4, -0.2) is 31.6 Å². The molecule has 0 fully saturated rings. The lowest BCUT2D eigenvalue weighted by Gasteiger charge is -2.33. The average molecular weight is 319 g/mol. The number of amides is 3. The van der Waals surface area contributed by atoms with Crippen molar-refractivity contribution in [2.75, 3.05) is 18.5 Å². The second kappa shape index (κ2) is 9.18. The number of urea groups is 1. The highest BCUT2D eigenvalue weighted by Gasteiger charge is 2.18. The molecule has 5 heteroatoms. The summed E-state index contributed by atoms with van der Waals surface area (Å²) in [6.07, 6.45) is 2.32. The topological polar surface area (TPSA) is 61.4 Å². The standard InChI is InChI=1S/C18H29N3O2/c1-6-15(7-2)21(11-10-17(22)20-18(23)19-5)16-9-8-13(3)14(4)12-16/h8-9,12,15H,6-7,10-11H2,1-5H3,(H2,19,20,22,23). The van der Waals surface area contributed by atoms with Crippen molar-refractivity contribution in [1.82, 2.24) is 10.6 Å². The first-order valence-corrected chi connectivity index (χ1v) is 8.28. The summed E-state index contributed by atoms with van der Waals surface area (Å²) in [6.45, 7) is 9.11. The van der Waals surface area contributed by atoms with E-state index in [1.165, 1.54) is 18.2 Å². The van der Waals surface area contributed by atoms with Crippen LogP contribution in [0.1, 0.15) is 44.2 Å². The predicted molar refractivity (Wildman–Crippen MR) is 94.8 cm³/mol. The van der Waals surface area contributed by atoms with E-state index in [4.69, 9.17) is 0 Å². The number of nitrogens with one attached hydrogen (secondary N) is 2. The summed E-state index contributed by atoms with van der Waals surface area (Å²) in [5.41, 5.74) is 3.64. The Morgan fingerprint density at radius 1 is 1.13 bits per heavy atom. The number of benzene rings is 1. The monoisotopic (exact) mass is 319 g/mol. The van der Waals surface area contributed by atoms with Gasteiger partial charge < -0.3 is 10.2 Å². The van der Waals surface area contributed by atoms with E-state index >= 15 is 0 Å². The van der Waals surface area contributed by atoms with Crippen LogP contribution in [0.25, 0.3) is 0 Å². The highest BCUT2D eigenvalue weighted by molar-refractivity contribution is 5.94. The van der Waals surface area contributed by atoms with Crippen LogP contribution >= 0.6 is 0 Å². The Morgan fingerprint density at radius 2 is 1.78 bits per heavy atom. The number of carbonyl (C=O) groups excluding carboxylic acids is 2. The van der Waals surface area contributed by atoms with Crippen molar-refractivity contribution in [1.29, 1.82) is 0 Å². The molecule has 0 atom stereocenters. The lowest BCUT2D eigenvalue weighted by molar-refractivity contribution is -0.119. The maximum absolute atomic E-state index is 11.9. The second-order valence-electron chi connectivity index (χ2n) is 5.81. The normalized spacial score (nSPS) is 10.5. The molecule has 23 heavy (non-hydrogen) atoms. The van der Waals surface area contributed by atoms with Crippen molar-refractivity contribution in [2.45, 2.75) is 53.0 Å². The third-order valence-electron chi connectivity index (χ3n) is 4.27. The average Bonchev–Trinajstić information content (AvgIpc) is 2.54. The summed E-state index contributed by atoms with van der Waals surface area (Å²) in [5, 5.41) is 4.71. The lowest BCUT2D eigenvalue weighted by atomic mass is 10.1. The van der Waals surface area contributed by atoms with Gasteiger partial charge in [-0.05, 0) is 49.9 Å². The third kappa shape index (κ3) is 5.58. The molecule has 0 radical (unpaired) electrons. The molecule has 3 amide bonds. The first kappa shape index (κ1) is 19.0. The first-order chi connectivity index (χ1) is 10.9. The molecule has 128 valence electrons. The van der Waals surface area contributed by atoms with Crippen molar-refractivity contribution in [3.05, 3.63) is 29.3 Å². The summed E-state index contributed by atoms with van der Waals surface area (Å²) in [5.74, 6) is -0.260. The highest BCUT2D eigenvalue weighted by atomic mass is 16.2. The molecule has 2 N–H and O–H groups in total. The Kier molecular flexibility index (Phi) is 7.59. The summed E-state index contributed by atoms with van der Waals surface area (Å²) in [6, 6.07) is 6.31. The lowest BCUT2D eigenvalue weighted by Crippen LogP contribution is -2.41. The van der Waals surface area contributed by atoms with Crippen LogP contribution in [0.2, 0.25) is 0 Å². The Bertz CT molecular complexity index is 539. The number of aryl methyl sites for hydroxylation is 2. The number of anilines is 1. The van der Waals surface area contributed by atoms with E-state index < -0.39 is 6.03 Å². The van der Waals surface area contributed by atoms with Gasteiger partial charge in [0.05, 0.1) is 0 Å². The van der Waals surface area contributed by atoms with Crippen LogP contribution in [-0.2, 0) is 4.79 Å². The smallest absolute Gasteiger partial charge is 0.321 e. The van der Waals surface area contributed by atoms with Crippen LogP contribution in [0, 0.1) is 13.8 Å². The molecule has 0 saturated carbocycles. The Balaban J connectivity index is 2.86. The van der Waals surface area contributed by atoms with Crippen LogP contribution in [0.4, 0.5) is 10.5 Å². The van der Waals surface area contributed by atoms with Gasteiger partial charge in [-0.3, -0.25) is 10.1 Å². The molecule has 0 heterocycles. The quantitative estimate of drug-likeness (QED) is 0.811. The fraction of sp³-hybridized carbons (Fsp3) is 0.556. The van der Waals surface area contributed by atoms with Gasteiger partial charge in [-0.15, -0.1) is 0 Å². The van der Waals surface area contributed by atoms with Crippen LogP contribution in [0.15, 0.2) is 18.2 Å². The van der Waals surface area contributed by atoms with E-state index in [1.54, 1.807) is 0 Å². The zero-order valence-electron chi connectivity index (χ0n) is 14.9. The van der Waals surface area contributed by atoms with Crippen molar-refractivity contribution < 1.29 is 9.59 Å². The summed E-state index contributed by atoms with van der Waals surface area (Å²) in [7, 11) is 1.49. The van der Waals surface area contributed by atoms with E-state index in [0.717, 1.165) is 18.5 Å². The highest BCUT2D eigenvalue weighted by Crippen LogP contribution is 2.23. The van der Waals surface area contributed by atoms with Crippen molar-refractivity contribution >= 4 is 17.6 Å². The largest absolute Gasteiger partial charge is 0.368 e. The Morgan fingerprint density at radius 3 is 2.30 bits per heavy atom. The van der Waals surface area contributed by atoms with Gasteiger partial charge in [-0.25, -0.2) is 4.79 Å². The number of rotatable bonds is 7. The van der Waals surface area contributed by atoms with Gasteiger partial charge in [-0.2, -0.15) is 0 Å². The number of hydrogen-bond donors (Lipinski definition) is 2. The molecule has 1 rings (SSSR count). The molecule has 0 aliphatic rings. The van der Waals surface area contributed by atoms with Crippen molar-refractivity contribution in [2.24, 2.45) is 0 Å². The molecule has 0 unspecified atom stereocenters. The van der Waals surface area contributed by atoms with E-state index in [0.29, 0.717) is 12.6 Å². The fourth-order valence-electron chi connectivity index (χ4n) is 2.63. The third-order valence-corrected chi connectivity index (χ3v) is 4.27. The Labute approximate surface area is 139 Å². The maximum Gasteiger partial charge on any atom is 0.321 e. The van der Waals surface area contributed by atoms with Gasteiger partial charge >= 0.3 is 6.03 Å². The number of nitrogens with zero attached hydrogens (tertiary/aromatic N) is 1. The molecule has 0 bridgehead atoms. The van der Waals surface area contributed by atoms with E-state index in [-0.39, 0.29) is 12.3 Å². The molecule has 0 aliphatic carbocycles. The molecule has 0 aliphatic heterocycles. The molecule has 0 aromatic heterocycles. The number of carbonyl (C=O) groups is 2. The molecule has 1 aromatic rings. The number of hydrogen-bond acceptors (Lipinski definition) is 3. The molecular weight excluding hydrogens is 290 g/mol. The van der Waals surface area contributed by atoms with Gasteiger partial charge in [0, 0.05) is 31.7 Å². The van der Waals surface area contributed by atoms with Gasteiger partial charge in [0.25, 0.3) is 0 Å². The first-order valence-electron chi connectivity index (χ1n) is 8.28. The van der Waals surface area contributed by atoms with Crippen LogP contribution < -0.4 is 15.5 Å². The fourth-order valence-corrected chi connectivity index (χ4v) is 2.63. The molecular formula is C18H29N3O2. The van der Waals surface area contributed by atoms with Crippen LogP contribution in [0.3, 0.4) is 0 Å². The van der Waals surface area contributed by atoms with Crippen LogP contribution in [0.5, 0.6) is 0 Å². The van der Waals surface area contributed by atoms with E-state index in [2.05, 4.69) is 61.4 Å². The zero-order chi connectivity index (χ0) is 17.4. The van der Waals surface area contributed by atoms with E-state index in [9.17, 15) is 9.59 Å². The maximum atomic E-state index is 11.9. The van der Waals surface area contributed by atoms with E-state index in [1.807, 2.05) is 0 Å². The predicted octanol–water partition coefficient (Wildman–Crippen LogP) is 3.14. The molecule has 1 aromatic carbocycles. The number of imide groups is 1. The van der Waals surface area contributed by atoms with Crippen molar-refractivity contribution in [3.63, 3.8) is 0 Å². The minimum Gasteiger partial charge on any atom is -0.368 e. The summed E-state index contributed by atoms with van der Waals surface area (Å²) < 4.78 is 0. The molecule has 0 spiro atoms. The van der Waals surface area contributed by atoms with Gasteiger partial charge in [0.15, 0.2) is 0 Å².